The van der Waals surface area contributed by atoms with Gasteiger partial charge in [0.2, 0.25) is 11.8 Å². The number of ether oxygens (including phenoxy) is 1. The quantitative estimate of drug-likeness (QED) is 0.665. The molecule has 1 aliphatic carbocycles. The summed E-state index contributed by atoms with van der Waals surface area (Å²) in [6.45, 7) is 9.93. The van der Waals surface area contributed by atoms with Crippen LogP contribution in [0.15, 0.2) is 53.8 Å². The fourth-order valence-corrected chi connectivity index (χ4v) is 5.97. The van der Waals surface area contributed by atoms with Gasteiger partial charge in [-0.1, -0.05) is 31.2 Å². The first-order chi connectivity index (χ1) is 17.0. The Morgan fingerprint density at radius 2 is 1.94 bits per heavy atom. The lowest BCUT2D eigenvalue weighted by Gasteiger charge is -2.38. The van der Waals surface area contributed by atoms with Crippen LogP contribution in [0.5, 0.6) is 5.75 Å². The number of carbonyl (C=O) groups is 2. The van der Waals surface area contributed by atoms with E-state index in [1.165, 1.54) is 0 Å². The number of carbonyl (C=O) groups excluding carboxylic acids is 2. The fourth-order valence-electron chi connectivity index (χ4n) is 5.97. The number of para-hydroxylation sites is 1. The minimum Gasteiger partial charge on any atom is -0.487 e. The number of aliphatic imine (C=N–C) groups is 1. The molecular weight excluding hydrogens is 454 g/mol. The van der Waals surface area contributed by atoms with Crippen molar-refractivity contribution in [3.63, 3.8) is 0 Å². The molecule has 8 heteroatoms. The lowest BCUT2D eigenvalue weighted by molar-refractivity contribution is -0.132. The summed E-state index contributed by atoms with van der Waals surface area (Å²) in [6.07, 6.45) is 4.38. The van der Waals surface area contributed by atoms with E-state index in [1.807, 2.05) is 64.1 Å². The Hall–Kier alpha value is -3.42. The first-order valence-corrected chi connectivity index (χ1v) is 12.6. The van der Waals surface area contributed by atoms with Crippen LogP contribution in [-0.4, -0.2) is 38.8 Å². The molecule has 5 atom stereocenters. The van der Waals surface area contributed by atoms with Crippen LogP contribution < -0.4 is 15.8 Å². The van der Waals surface area contributed by atoms with Crippen molar-refractivity contribution in [3.05, 3.63) is 59.9 Å². The summed E-state index contributed by atoms with van der Waals surface area (Å²) in [5.74, 6) is 0.606. The molecule has 190 valence electrons. The Bertz CT molecular complexity index is 1210. The van der Waals surface area contributed by atoms with Gasteiger partial charge in [-0.05, 0) is 57.2 Å². The summed E-state index contributed by atoms with van der Waals surface area (Å²) in [4.78, 5) is 37.4. The van der Waals surface area contributed by atoms with E-state index in [-0.39, 0.29) is 48.0 Å². The predicted octanol–water partition coefficient (Wildman–Crippen LogP) is 3.75. The predicted molar refractivity (Wildman–Crippen MR) is 137 cm³/mol. The number of benzene rings is 1. The van der Waals surface area contributed by atoms with Gasteiger partial charge in [-0.2, -0.15) is 0 Å². The number of nitrogens with zero attached hydrogens (tertiary/aromatic N) is 3. The number of pyridine rings is 1. The number of nitrogens with one attached hydrogen (secondary N) is 1. The summed E-state index contributed by atoms with van der Waals surface area (Å²) in [6, 6.07) is 11.1. The van der Waals surface area contributed by atoms with Gasteiger partial charge < -0.3 is 15.8 Å². The van der Waals surface area contributed by atoms with Gasteiger partial charge in [0.15, 0.2) is 5.96 Å². The molecule has 1 aromatic carbocycles. The molecule has 3 N–H and O–H groups in total. The number of nitrogens with two attached hydrogens (primary N) is 1. The van der Waals surface area contributed by atoms with Crippen molar-refractivity contribution >= 4 is 17.8 Å². The highest BCUT2D eigenvalue weighted by Crippen LogP contribution is 2.56. The average Bonchev–Trinajstić information content (AvgIpc) is 3.45. The van der Waals surface area contributed by atoms with Crippen molar-refractivity contribution in [3.8, 4) is 5.75 Å². The molecule has 0 radical (unpaired) electrons. The molecule has 5 rings (SSSR count). The number of aromatic nitrogens is 1. The fraction of sp³-hybridized carbons (Fsp3) is 0.500. The summed E-state index contributed by atoms with van der Waals surface area (Å²) in [5.41, 5.74) is 7.27. The monoisotopic (exact) mass is 489 g/mol. The van der Waals surface area contributed by atoms with Crippen LogP contribution in [0.3, 0.4) is 0 Å². The zero-order valence-corrected chi connectivity index (χ0v) is 21.6. The maximum absolute atomic E-state index is 13.7. The van der Waals surface area contributed by atoms with Gasteiger partial charge in [-0.3, -0.25) is 19.5 Å². The van der Waals surface area contributed by atoms with Crippen molar-refractivity contribution in [2.75, 3.05) is 0 Å². The number of hydrogen-bond acceptors (Lipinski definition) is 6. The molecule has 1 fully saturated rings. The van der Waals surface area contributed by atoms with Gasteiger partial charge in [-0.25, -0.2) is 4.99 Å². The summed E-state index contributed by atoms with van der Waals surface area (Å²) in [7, 11) is 0. The van der Waals surface area contributed by atoms with E-state index in [2.05, 4.69) is 22.2 Å². The van der Waals surface area contributed by atoms with E-state index in [0.717, 1.165) is 16.9 Å². The van der Waals surface area contributed by atoms with Gasteiger partial charge in [0.1, 0.15) is 11.4 Å². The van der Waals surface area contributed by atoms with Gasteiger partial charge >= 0.3 is 0 Å². The van der Waals surface area contributed by atoms with E-state index in [1.54, 1.807) is 17.3 Å². The second-order valence-electron chi connectivity index (χ2n) is 11.6. The highest BCUT2D eigenvalue weighted by Gasteiger charge is 2.59. The Labute approximate surface area is 212 Å². The molecular formula is C28H35N5O3. The standard InChI is InChI=1S/C28H35N5O3/c1-16-22(23(16)25(35)31-19-13-28(4,5)36-20-11-7-6-10-18(19)20)24(17-9-8-12-30-15-17)33-21(34)14-27(2,3)32-26(33)29/h6-12,15-16,19,22-24H,13-14H2,1-5H3,(H2,29,32)(H,31,35)/t16?,19-,22-,23-,24+/m0/s1. The Kier molecular flexibility index (Phi) is 5.80. The minimum absolute atomic E-state index is 0.0146. The SMILES string of the molecule is CC1[C@H]([C@@H](c2cccnc2)N2C(=O)CC(C)(C)N=C2N)[C@H]1C(=O)N[C@H]1CC(C)(C)Oc2ccccc21. The highest BCUT2D eigenvalue weighted by molar-refractivity contribution is 5.99. The first kappa shape index (κ1) is 24.3. The molecule has 36 heavy (non-hydrogen) atoms. The third kappa shape index (κ3) is 4.45. The van der Waals surface area contributed by atoms with E-state index in [0.29, 0.717) is 6.42 Å². The van der Waals surface area contributed by atoms with Crippen LogP contribution in [0.1, 0.15) is 70.7 Å². The maximum atomic E-state index is 13.7. The Morgan fingerprint density at radius 3 is 2.64 bits per heavy atom. The molecule has 8 nitrogen and oxygen atoms in total. The maximum Gasteiger partial charge on any atom is 0.232 e. The third-order valence-electron chi connectivity index (χ3n) is 7.63. The zero-order valence-electron chi connectivity index (χ0n) is 21.6. The molecule has 0 bridgehead atoms. The second kappa shape index (κ2) is 8.61. The molecule has 0 saturated heterocycles. The Balaban J connectivity index is 1.43. The van der Waals surface area contributed by atoms with Gasteiger partial charge in [0.25, 0.3) is 0 Å². The topological polar surface area (TPSA) is 110 Å². The lowest BCUT2D eigenvalue weighted by Crippen LogP contribution is -2.52. The number of rotatable bonds is 5. The van der Waals surface area contributed by atoms with Crippen LogP contribution in [0, 0.1) is 17.8 Å². The molecule has 1 unspecified atom stereocenters. The Morgan fingerprint density at radius 1 is 1.19 bits per heavy atom. The van der Waals surface area contributed by atoms with Crippen molar-refractivity contribution in [1.29, 1.82) is 0 Å². The van der Waals surface area contributed by atoms with Crippen molar-refractivity contribution in [2.24, 2.45) is 28.5 Å². The number of guanidine groups is 1. The lowest BCUT2D eigenvalue weighted by atomic mass is 9.89. The normalized spacial score (nSPS) is 28.9. The molecule has 2 amide bonds. The number of hydrogen-bond donors (Lipinski definition) is 2. The summed E-state index contributed by atoms with van der Waals surface area (Å²) >= 11 is 0. The van der Waals surface area contributed by atoms with Crippen LogP contribution in [-0.2, 0) is 9.59 Å². The summed E-state index contributed by atoms with van der Waals surface area (Å²) < 4.78 is 6.14. The van der Waals surface area contributed by atoms with Crippen LogP contribution in [0.2, 0.25) is 0 Å². The van der Waals surface area contributed by atoms with Crippen molar-refractivity contribution < 1.29 is 14.3 Å². The van der Waals surface area contributed by atoms with E-state index in [4.69, 9.17) is 10.5 Å². The van der Waals surface area contributed by atoms with Gasteiger partial charge in [0.05, 0.1) is 24.0 Å². The number of fused-ring (bicyclic) bond motifs is 1. The van der Waals surface area contributed by atoms with Crippen LogP contribution in [0.4, 0.5) is 0 Å². The molecule has 1 aromatic heterocycles. The molecule has 2 aliphatic heterocycles. The molecule has 2 aromatic rings. The van der Waals surface area contributed by atoms with E-state index in [9.17, 15) is 9.59 Å². The largest absolute Gasteiger partial charge is 0.487 e. The van der Waals surface area contributed by atoms with E-state index < -0.39 is 17.2 Å². The minimum atomic E-state index is -0.549. The van der Waals surface area contributed by atoms with E-state index >= 15 is 0 Å². The third-order valence-corrected chi connectivity index (χ3v) is 7.63. The summed E-state index contributed by atoms with van der Waals surface area (Å²) in [5, 5.41) is 3.30. The van der Waals surface area contributed by atoms with Crippen LogP contribution >= 0.6 is 0 Å². The molecule has 3 heterocycles. The molecule has 3 aliphatic rings. The first-order valence-electron chi connectivity index (χ1n) is 12.6. The highest BCUT2D eigenvalue weighted by atomic mass is 16.5. The van der Waals surface area contributed by atoms with Crippen LogP contribution in [0.25, 0.3) is 0 Å². The second-order valence-corrected chi connectivity index (χ2v) is 11.6. The van der Waals surface area contributed by atoms with Gasteiger partial charge in [-0.15, -0.1) is 0 Å². The average molecular weight is 490 g/mol. The zero-order chi connectivity index (χ0) is 25.8. The van der Waals surface area contributed by atoms with Crippen molar-refractivity contribution in [1.82, 2.24) is 15.2 Å². The smallest absolute Gasteiger partial charge is 0.232 e. The molecule has 1 saturated carbocycles. The van der Waals surface area contributed by atoms with Gasteiger partial charge in [0, 0.05) is 30.3 Å². The van der Waals surface area contributed by atoms with Crippen molar-refractivity contribution in [2.45, 2.75) is 70.7 Å². The molecule has 0 spiro atoms. The number of amides is 2.